The fourth-order valence-electron chi connectivity index (χ4n) is 3.47. The van der Waals surface area contributed by atoms with E-state index in [1.807, 2.05) is 0 Å². The van der Waals surface area contributed by atoms with E-state index in [-0.39, 0.29) is 6.84 Å². The molecule has 122 valence electrons. The molecule has 1 heteroatoms. The molecule has 1 aliphatic rings. The molecular formula is C22H29N. The number of hydrogen-bond donors (Lipinski definition) is 0. The summed E-state index contributed by atoms with van der Waals surface area (Å²) in [5, 5.41) is 0. The summed E-state index contributed by atoms with van der Waals surface area (Å²) < 4.78 is 0. The van der Waals surface area contributed by atoms with E-state index in [0.29, 0.717) is 0 Å². The van der Waals surface area contributed by atoms with Gasteiger partial charge in [0, 0.05) is 19.3 Å². The largest absolute Gasteiger partial charge is 0.342 e. The van der Waals surface area contributed by atoms with E-state index in [1.54, 1.807) is 0 Å². The molecule has 0 atom stereocenters. The number of benzene rings is 2. The van der Waals surface area contributed by atoms with Gasteiger partial charge in [0.05, 0.1) is 0 Å². The van der Waals surface area contributed by atoms with E-state index in [4.69, 9.17) is 0 Å². The molecule has 2 aromatic carbocycles. The molecule has 2 aromatic rings. The minimum absolute atomic E-state index is 0. The quantitative estimate of drug-likeness (QED) is 0.627. The molecule has 0 heterocycles. The van der Waals surface area contributed by atoms with E-state index < -0.39 is 0 Å². The molecule has 3 rings (SSSR count). The van der Waals surface area contributed by atoms with Crippen LogP contribution < -0.4 is 4.90 Å². The maximum atomic E-state index is 2.40. The van der Waals surface area contributed by atoms with Crippen LogP contribution in [-0.4, -0.2) is 6.54 Å². The van der Waals surface area contributed by atoms with Gasteiger partial charge in [-0.1, -0.05) is 43.7 Å². The third-order valence-electron chi connectivity index (χ3n) is 5.05. The second-order valence-corrected chi connectivity index (χ2v) is 7.28. The Morgan fingerprint density at radius 1 is 1.00 bits per heavy atom. The first-order chi connectivity index (χ1) is 10.9. The summed E-state index contributed by atoms with van der Waals surface area (Å²) in [6.45, 7) is 12.2. The highest BCUT2D eigenvalue weighted by atomic mass is 15.1. The number of nitrogens with zero attached hydrogens (tertiary/aromatic N) is 1. The van der Waals surface area contributed by atoms with Crippen LogP contribution in [0.3, 0.4) is 0 Å². The number of allylic oxidation sites excluding steroid dienone is 2. The lowest BCUT2D eigenvalue weighted by Crippen LogP contribution is -2.23. The summed E-state index contributed by atoms with van der Waals surface area (Å²) in [7, 11) is 0. The highest BCUT2D eigenvalue weighted by Gasteiger charge is 2.27. The third kappa shape index (κ3) is 2.93. The van der Waals surface area contributed by atoms with Gasteiger partial charge in [0.1, 0.15) is 0 Å². The normalized spacial score (nSPS) is 15.8. The van der Waals surface area contributed by atoms with Gasteiger partial charge in [0.25, 0.3) is 0 Å². The highest BCUT2D eigenvalue weighted by molar-refractivity contribution is 5.74. The molecule has 0 aromatic heterocycles. The molecule has 23 heavy (non-hydrogen) atoms. The lowest BCUT2D eigenvalue weighted by molar-refractivity contribution is 0.527. The van der Waals surface area contributed by atoms with E-state index in [0.717, 1.165) is 13.0 Å². The SMILES string of the molecule is CCN(c1ccc(C)cc1)c1ccc2c(c1)C(C)(C)CC=C2C.[HH]. The van der Waals surface area contributed by atoms with Crippen molar-refractivity contribution >= 4 is 16.9 Å². The van der Waals surface area contributed by atoms with E-state index in [2.05, 4.69) is 88.1 Å². The molecule has 1 aliphatic carbocycles. The summed E-state index contributed by atoms with van der Waals surface area (Å²) in [5.41, 5.74) is 8.35. The molecule has 0 unspecified atom stereocenters. The zero-order valence-corrected chi connectivity index (χ0v) is 15.0. The summed E-state index contributed by atoms with van der Waals surface area (Å²) in [5.74, 6) is 0. The van der Waals surface area contributed by atoms with Crippen LogP contribution in [0.1, 0.15) is 52.2 Å². The Hall–Kier alpha value is -2.02. The van der Waals surface area contributed by atoms with Crippen molar-refractivity contribution in [2.75, 3.05) is 11.4 Å². The smallest absolute Gasteiger partial charge is 0.0414 e. The maximum Gasteiger partial charge on any atom is 0.0414 e. The van der Waals surface area contributed by atoms with Gasteiger partial charge >= 0.3 is 0 Å². The van der Waals surface area contributed by atoms with Crippen LogP contribution in [0.4, 0.5) is 11.4 Å². The average molecular weight is 307 g/mol. The first kappa shape index (κ1) is 15.9. The Bertz CT molecular complexity index is 741. The Morgan fingerprint density at radius 3 is 2.30 bits per heavy atom. The van der Waals surface area contributed by atoms with Crippen molar-refractivity contribution < 1.29 is 1.43 Å². The topological polar surface area (TPSA) is 3.24 Å². The summed E-state index contributed by atoms with van der Waals surface area (Å²) in [6, 6.07) is 15.8. The fraction of sp³-hybridized carbons (Fsp3) is 0.364. The first-order valence-electron chi connectivity index (χ1n) is 8.58. The Labute approximate surface area is 142 Å². The molecule has 0 amide bonds. The van der Waals surface area contributed by atoms with Gasteiger partial charge in [-0.2, -0.15) is 0 Å². The summed E-state index contributed by atoms with van der Waals surface area (Å²) in [4.78, 5) is 2.39. The van der Waals surface area contributed by atoms with Gasteiger partial charge < -0.3 is 4.90 Å². The molecule has 0 aliphatic heterocycles. The van der Waals surface area contributed by atoms with Crippen LogP contribution in [-0.2, 0) is 5.41 Å². The highest BCUT2D eigenvalue weighted by Crippen LogP contribution is 2.41. The molecule has 0 fully saturated rings. The van der Waals surface area contributed by atoms with Crippen LogP contribution in [0, 0.1) is 6.92 Å². The van der Waals surface area contributed by atoms with Crippen LogP contribution in [0.2, 0.25) is 0 Å². The van der Waals surface area contributed by atoms with Crippen molar-refractivity contribution in [2.45, 2.75) is 46.5 Å². The van der Waals surface area contributed by atoms with Crippen molar-refractivity contribution in [3.63, 3.8) is 0 Å². The molecule has 1 nitrogen and oxygen atoms in total. The third-order valence-corrected chi connectivity index (χ3v) is 5.05. The van der Waals surface area contributed by atoms with Gasteiger partial charge in [0.15, 0.2) is 0 Å². The molecule has 0 saturated carbocycles. The summed E-state index contributed by atoms with van der Waals surface area (Å²) >= 11 is 0. The minimum Gasteiger partial charge on any atom is -0.342 e. The standard InChI is InChI=1S/C22H27N.H2/c1-6-23(18-9-7-16(2)8-10-18)19-11-12-20-17(3)13-14-22(4,5)21(20)15-19;/h7-13,15H,6,14H2,1-5H3;1H. The Morgan fingerprint density at radius 2 is 1.65 bits per heavy atom. The predicted octanol–water partition coefficient (Wildman–Crippen LogP) is 6.48. The Balaban J connectivity index is 0.00000208. The minimum atomic E-state index is 0. The molecular weight excluding hydrogens is 278 g/mol. The zero-order chi connectivity index (χ0) is 16.6. The van der Waals surface area contributed by atoms with Crippen LogP contribution in [0.15, 0.2) is 48.5 Å². The predicted molar refractivity (Wildman–Crippen MR) is 104 cm³/mol. The molecule has 0 saturated heterocycles. The van der Waals surface area contributed by atoms with Crippen molar-refractivity contribution in [3.05, 3.63) is 65.2 Å². The second-order valence-electron chi connectivity index (χ2n) is 7.28. The average Bonchev–Trinajstić information content (AvgIpc) is 2.54. The first-order valence-corrected chi connectivity index (χ1v) is 8.58. The monoisotopic (exact) mass is 307 g/mol. The molecule has 0 N–H and O–H groups in total. The maximum absolute atomic E-state index is 2.40. The Kier molecular flexibility index (Phi) is 4.06. The molecule has 0 spiro atoms. The van der Waals surface area contributed by atoms with E-state index in [9.17, 15) is 0 Å². The van der Waals surface area contributed by atoms with Crippen molar-refractivity contribution in [1.82, 2.24) is 0 Å². The lowest BCUT2D eigenvalue weighted by Gasteiger charge is -2.33. The van der Waals surface area contributed by atoms with Gasteiger partial charge in [0.2, 0.25) is 0 Å². The zero-order valence-electron chi connectivity index (χ0n) is 15.0. The van der Waals surface area contributed by atoms with E-state index in [1.165, 1.54) is 33.6 Å². The number of anilines is 2. The fourth-order valence-corrected chi connectivity index (χ4v) is 3.47. The molecule has 0 bridgehead atoms. The van der Waals surface area contributed by atoms with Gasteiger partial charge in [-0.15, -0.1) is 0 Å². The van der Waals surface area contributed by atoms with Crippen molar-refractivity contribution in [2.24, 2.45) is 0 Å². The van der Waals surface area contributed by atoms with Crippen molar-refractivity contribution in [1.29, 1.82) is 0 Å². The van der Waals surface area contributed by atoms with Crippen molar-refractivity contribution in [3.8, 4) is 0 Å². The van der Waals surface area contributed by atoms with Crippen LogP contribution in [0.5, 0.6) is 0 Å². The second kappa shape index (κ2) is 5.88. The lowest BCUT2D eigenvalue weighted by atomic mass is 9.73. The number of rotatable bonds is 3. The number of aryl methyl sites for hydroxylation is 1. The molecule has 0 radical (unpaired) electrons. The van der Waals surface area contributed by atoms with Gasteiger partial charge in [-0.3, -0.25) is 0 Å². The van der Waals surface area contributed by atoms with Gasteiger partial charge in [-0.05, 0) is 73.6 Å². The van der Waals surface area contributed by atoms with Crippen LogP contribution >= 0.6 is 0 Å². The van der Waals surface area contributed by atoms with Gasteiger partial charge in [-0.25, -0.2) is 0 Å². The number of hydrogen-bond acceptors (Lipinski definition) is 1. The summed E-state index contributed by atoms with van der Waals surface area (Å²) in [6.07, 6.45) is 3.49. The number of fused-ring (bicyclic) bond motifs is 1. The van der Waals surface area contributed by atoms with E-state index >= 15 is 0 Å². The van der Waals surface area contributed by atoms with Crippen LogP contribution in [0.25, 0.3) is 5.57 Å².